The highest BCUT2D eigenvalue weighted by Gasteiger charge is 2.36. The van der Waals surface area contributed by atoms with Gasteiger partial charge < -0.3 is 20.1 Å². The lowest BCUT2D eigenvalue weighted by molar-refractivity contribution is -0.149. The molecule has 7 nitrogen and oxygen atoms in total. The normalized spacial score (nSPS) is 13.8. The summed E-state index contributed by atoms with van der Waals surface area (Å²) in [4.78, 5) is 25.0. The van der Waals surface area contributed by atoms with Gasteiger partial charge in [0.05, 0.1) is 11.1 Å². The monoisotopic (exact) mass is 530 g/mol. The average molecular weight is 531 g/mol. The van der Waals surface area contributed by atoms with E-state index < -0.39 is 29.2 Å². The quantitative estimate of drug-likeness (QED) is 0.283. The Morgan fingerprint density at radius 2 is 1.84 bits per heavy atom. The predicted molar refractivity (Wildman–Crippen MR) is 139 cm³/mol. The molecule has 37 heavy (non-hydrogen) atoms. The standard InChI is InChI=1S/C28H32ClFN2O5/c1-17(2)12-21-15-25(37-32-21)26(34)31-22(16-28(3,10-11-33)27(35)36)13-18-4-6-19(7-5-18)23-14-20(29)8-9-24(23)30/h4-9,14-15,17,22,33H,10-13,16H2,1-3H3,(H,31,34)(H,35,36)/t22-,28?/m1/s1. The van der Waals surface area contributed by atoms with Gasteiger partial charge in [0.2, 0.25) is 5.76 Å². The molecule has 0 aliphatic rings. The van der Waals surface area contributed by atoms with Crippen molar-refractivity contribution in [3.63, 3.8) is 0 Å². The van der Waals surface area contributed by atoms with Crippen molar-refractivity contribution in [3.05, 3.63) is 76.4 Å². The Morgan fingerprint density at radius 3 is 2.46 bits per heavy atom. The molecular formula is C28H32ClFN2O5. The van der Waals surface area contributed by atoms with E-state index >= 15 is 0 Å². The maximum atomic E-state index is 14.3. The van der Waals surface area contributed by atoms with Gasteiger partial charge in [-0.25, -0.2) is 4.39 Å². The van der Waals surface area contributed by atoms with Crippen LogP contribution in [-0.4, -0.2) is 39.9 Å². The van der Waals surface area contributed by atoms with Gasteiger partial charge in [-0.15, -0.1) is 0 Å². The van der Waals surface area contributed by atoms with Crippen molar-refractivity contribution in [2.45, 2.75) is 52.5 Å². The molecule has 0 spiro atoms. The summed E-state index contributed by atoms with van der Waals surface area (Å²) in [6.45, 7) is 5.31. The van der Waals surface area contributed by atoms with Crippen LogP contribution in [0.25, 0.3) is 11.1 Å². The first-order valence-electron chi connectivity index (χ1n) is 12.2. The van der Waals surface area contributed by atoms with Crippen molar-refractivity contribution in [2.75, 3.05) is 6.61 Å². The van der Waals surface area contributed by atoms with Crippen LogP contribution in [0.5, 0.6) is 0 Å². The molecule has 2 aromatic carbocycles. The number of halogens is 2. The van der Waals surface area contributed by atoms with Crippen molar-refractivity contribution in [2.24, 2.45) is 11.3 Å². The third-order valence-electron chi connectivity index (χ3n) is 6.29. The molecule has 198 valence electrons. The third kappa shape index (κ3) is 7.63. The number of rotatable bonds is 12. The van der Waals surface area contributed by atoms with E-state index in [1.54, 1.807) is 43.3 Å². The van der Waals surface area contributed by atoms with Crippen molar-refractivity contribution >= 4 is 23.5 Å². The van der Waals surface area contributed by atoms with Gasteiger partial charge in [-0.05, 0) is 67.9 Å². The Kier molecular flexibility index (Phi) is 9.45. The number of aromatic nitrogens is 1. The van der Waals surface area contributed by atoms with Crippen LogP contribution in [0.4, 0.5) is 4.39 Å². The number of hydrogen-bond donors (Lipinski definition) is 3. The number of hydrogen-bond acceptors (Lipinski definition) is 5. The highest BCUT2D eigenvalue weighted by Crippen LogP contribution is 2.30. The van der Waals surface area contributed by atoms with Gasteiger partial charge in [0, 0.05) is 29.3 Å². The van der Waals surface area contributed by atoms with Crippen LogP contribution in [0, 0.1) is 17.2 Å². The average Bonchev–Trinajstić information content (AvgIpc) is 3.29. The zero-order chi connectivity index (χ0) is 27.2. The summed E-state index contributed by atoms with van der Waals surface area (Å²) in [7, 11) is 0. The van der Waals surface area contributed by atoms with Crippen molar-refractivity contribution in [1.82, 2.24) is 10.5 Å². The lowest BCUT2D eigenvalue weighted by Crippen LogP contribution is -2.43. The number of carbonyl (C=O) groups excluding carboxylic acids is 1. The molecule has 0 fully saturated rings. The topological polar surface area (TPSA) is 113 Å². The number of nitrogens with one attached hydrogen (secondary N) is 1. The first-order valence-corrected chi connectivity index (χ1v) is 12.5. The highest BCUT2D eigenvalue weighted by molar-refractivity contribution is 6.30. The second-order valence-electron chi connectivity index (χ2n) is 10.0. The van der Waals surface area contributed by atoms with Gasteiger partial charge in [0.25, 0.3) is 5.91 Å². The summed E-state index contributed by atoms with van der Waals surface area (Å²) in [5, 5.41) is 26.5. The summed E-state index contributed by atoms with van der Waals surface area (Å²) in [5.41, 5.74) is 1.22. The molecule has 3 aromatic rings. The number of aliphatic carboxylic acids is 1. The third-order valence-corrected chi connectivity index (χ3v) is 6.52. The van der Waals surface area contributed by atoms with Gasteiger partial charge >= 0.3 is 5.97 Å². The minimum absolute atomic E-state index is 0.0303. The molecule has 1 aromatic heterocycles. The van der Waals surface area contributed by atoms with Crippen LogP contribution in [-0.2, 0) is 17.6 Å². The van der Waals surface area contributed by atoms with E-state index in [0.717, 1.165) is 5.56 Å². The minimum atomic E-state index is -1.26. The Hall–Kier alpha value is -3.23. The summed E-state index contributed by atoms with van der Waals surface area (Å²) >= 11 is 6.02. The molecule has 3 rings (SSSR count). The maximum absolute atomic E-state index is 14.3. The second-order valence-corrected chi connectivity index (χ2v) is 10.5. The highest BCUT2D eigenvalue weighted by atomic mass is 35.5. The van der Waals surface area contributed by atoms with Crippen LogP contribution in [0.1, 0.15) is 55.4 Å². The van der Waals surface area contributed by atoms with Crippen LogP contribution < -0.4 is 5.32 Å². The minimum Gasteiger partial charge on any atom is -0.481 e. The number of aliphatic hydroxyl groups excluding tert-OH is 1. The molecule has 1 amide bonds. The molecule has 0 aliphatic heterocycles. The van der Waals surface area contributed by atoms with Gasteiger partial charge in [-0.1, -0.05) is 54.9 Å². The summed E-state index contributed by atoms with van der Waals surface area (Å²) in [6, 6.07) is 12.4. The number of carboxylic acid groups (broad SMARTS) is 1. The van der Waals surface area contributed by atoms with E-state index in [9.17, 15) is 24.2 Å². The van der Waals surface area contributed by atoms with Crippen LogP contribution in [0.2, 0.25) is 5.02 Å². The lowest BCUT2D eigenvalue weighted by Gasteiger charge is -2.29. The molecule has 0 bridgehead atoms. The largest absolute Gasteiger partial charge is 0.481 e. The van der Waals surface area contributed by atoms with E-state index in [2.05, 4.69) is 10.5 Å². The molecule has 2 atom stereocenters. The Labute approximate surface area is 220 Å². The van der Waals surface area contributed by atoms with Gasteiger partial charge in [0.1, 0.15) is 5.82 Å². The number of benzene rings is 2. The number of aliphatic hydroxyl groups is 1. The van der Waals surface area contributed by atoms with E-state index in [4.69, 9.17) is 16.1 Å². The first kappa shape index (κ1) is 28.3. The zero-order valence-corrected chi connectivity index (χ0v) is 21.9. The lowest BCUT2D eigenvalue weighted by atomic mass is 9.79. The number of nitrogens with zero attached hydrogens (tertiary/aromatic N) is 1. The van der Waals surface area contributed by atoms with Gasteiger partial charge in [0.15, 0.2) is 0 Å². The van der Waals surface area contributed by atoms with Gasteiger partial charge in [-0.3, -0.25) is 9.59 Å². The molecule has 9 heteroatoms. The Balaban J connectivity index is 1.83. The Bertz CT molecular complexity index is 1230. The summed E-state index contributed by atoms with van der Waals surface area (Å²) in [5.74, 6) is -1.57. The number of amides is 1. The second kappa shape index (κ2) is 12.3. The van der Waals surface area contributed by atoms with Crippen molar-refractivity contribution in [1.29, 1.82) is 0 Å². The maximum Gasteiger partial charge on any atom is 0.309 e. The molecule has 0 aliphatic carbocycles. The fourth-order valence-electron chi connectivity index (χ4n) is 4.27. The summed E-state index contributed by atoms with van der Waals surface area (Å²) in [6.07, 6.45) is 1.08. The van der Waals surface area contributed by atoms with Crippen LogP contribution in [0.15, 0.2) is 53.1 Å². The molecule has 1 unspecified atom stereocenters. The molecular weight excluding hydrogens is 499 g/mol. The molecule has 3 N–H and O–H groups in total. The van der Waals surface area contributed by atoms with Crippen molar-refractivity contribution in [3.8, 4) is 11.1 Å². The fourth-order valence-corrected chi connectivity index (χ4v) is 4.45. The van der Waals surface area contributed by atoms with E-state index in [1.165, 1.54) is 12.1 Å². The van der Waals surface area contributed by atoms with Gasteiger partial charge in [-0.2, -0.15) is 0 Å². The molecule has 1 heterocycles. The van der Waals surface area contributed by atoms with Crippen LogP contribution in [0.3, 0.4) is 0 Å². The summed E-state index contributed by atoms with van der Waals surface area (Å²) < 4.78 is 19.5. The molecule has 0 saturated carbocycles. The molecule has 0 saturated heterocycles. The van der Waals surface area contributed by atoms with Crippen LogP contribution >= 0.6 is 11.6 Å². The van der Waals surface area contributed by atoms with E-state index in [0.29, 0.717) is 40.6 Å². The Morgan fingerprint density at radius 1 is 1.14 bits per heavy atom. The number of carbonyl (C=O) groups is 2. The zero-order valence-electron chi connectivity index (χ0n) is 21.1. The smallest absolute Gasteiger partial charge is 0.309 e. The van der Waals surface area contributed by atoms with E-state index in [-0.39, 0.29) is 25.2 Å². The van der Waals surface area contributed by atoms with E-state index in [1.807, 2.05) is 13.8 Å². The number of carboxylic acids is 1. The fraction of sp³-hybridized carbons (Fsp3) is 0.393. The van der Waals surface area contributed by atoms with Crippen molar-refractivity contribution < 1.29 is 28.7 Å². The molecule has 0 radical (unpaired) electrons. The predicted octanol–water partition coefficient (Wildman–Crippen LogP) is 5.54. The SMILES string of the molecule is CC(C)Cc1cc(C(=O)N[C@H](Cc2ccc(-c3cc(Cl)ccc3F)cc2)CC(C)(CCO)C(=O)O)on1. The first-order chi connectivity index (χ1) is 17.5.